The Balaban J connectivity index is 1.71. The van der Waals surface area contributed by atoms with Crippen LogP contribution in [-0.2, 0) is 4.79 Å². The summed E-state index contributed by atoms with van der Waals surface area (Å²) in [7, 11) is 1.60. The van der Waals surface area contributed by atoms with Crippen molar-refractivity contribution in [2.45, 2.75) is 17.3 Å². The smallest absolute Gasteiger partial charge is 0.237 e. The molecule has 0 saturated carbocycles. The van der Waals surface area contributed by atoms with Crippen LogP contribution in [0.25, 0.3) is 5.69 Å². The highest BCUT2D eigenvalue weighted by Gasteiger charge is 2.20. The molecule has 0 spiro atoms. The van der Waals surface area contributed by atoms with Gasteiger partial charge in [-0.05, 0) is 59.8 Å². The highest BCUT2D eigenvalue weighted by Crippen LogP contribution is 2.28. The predicted octanol–water partition coefficient (Wildman–Crippen LogP) is 4.10. The molecule has 1 N–H and O–H groups in total. The number of amides is 1. The van der Waals surface area contributed by atoms with E-state index in [1.54, 1.807) is 36.9 Å². The lowest BCUT2D eigenvalue weighted by Gasteiger charge is -2.13. The van der Waals surface area contributed by atoms with Crippen molar-refractivity contribution in [3.05, 3.63) is 52.5 Å². The number of carbonyl (C=O) groups is 1. The number of nitrogens with one attached hydrogen (secondary N) is 1. The number of anilines is 1. The highest BCUT2D eigenvalue weighted by molar-refractivity contribution is 8.00. The highest BCUT2D eigenvalue weighted by atomic mass is 35.5. The van der Waals surface area contributed by atoms with Crippen LogP contribution in [0.2, 0.25) is 10.0 Å². The lowest BCUT2D eigenvalue weighted by Crippen LogP contribution is -2.23. The van der Waals surface area contributed by atoms with Crippen LogP contribution in [0.15, 0.2) is 47.6 Å². The minimum atomic E-state index is -0.459. The second-order valence-corrected chi connectivity index (χ2v) is 7.60. The van der Waals surface area contributed by atoms with E-state index in [0.29, 0.717) is 20.9 Å². The molecule has 7 nitrogen and oxygen atoms in total. The van der Waals surface area contributed by atoms with Crippen LogP contribution < -0.4 is 10.1 Å². The molecule has 0 aliphatic rings. The van der Waals surface area contributed by atoms with Crippen molar-refractivity contribution in [1.82, 2.24) is 20.2 Å². The van der Waals surface area contributed by atoms with Crippen molar-refractivity contribution < 1.29 is 9.53 Å². The number of hydrogen-bond donors (Lipinski definition) is 1. The molecule has 2 aromatic carbocycles. The van der Waals surface area contributed by atoms with E-state index in [-0.39, 0.29) is 5.91 Å². The number of carbonyl (C=O) groups excluding carboxylic acids is 1. The summed E-state index contributed by atoms with van der Waals surface area (Å²) in [5.41, 5.74) is 1.25. The Hall–Kier alpha value is -2.29. The van der Waals surface area contributed by atoms with Crippen molar-refractivity contribution in [2.24, 2.45) is 0 Å². The summed E-state index contributed by atoms with van der Waals surface area (Å²) in [5, 5.41) is 15.4. The van der Waals surface area contributed by atoms with Crippen LogP contribution in [0, 0.1) is 0 Å². The molecule has 1 aromatic heterocycles. The zero-order valence-electron chi connectivity index (χ0n) is 14.4. The van der Waals surface area contributed by atoms with Gasteiger partial charge in [-0.25, -0.2) is 0 Å². The van der Waals surface area contributed by atoms with Gasteiger partial charge in [0.25, 0.3) is 0 Å². The van der Waals surface area contributed by atoms with Gasteiger partial charge in [-0.2, -0.15) is 4.68 Å². The van der Waals surface area contributed by atoms with Crippen molar-refractivity contribution in [1.29, 1.82) is 0 Å². The van der Waals surface area contributed by atoms with Crippen molar-refractivity contribution in [3.63, 3.8) is 0 Å². The summed E-state index contributed by atoms with van der Waals surface area (Å²) in [4.78, 5) is 12.5. The molecule has 27 heavy (non-hydrogen) atoms. The second-order valence-electron chi connectivity index (χ2n) is 5.44. The minimum Gasteiger partial charge on any atom is -0.497 e. The van der Waals surface area contributed by atoms with E-state index in [1.807, 2.05) is 24.3 Å². The van der Waals surface area contributed by atoms with Crippen molar-refractivity contribution >= 4 is 46.6 Å². The zero-order chi connectivity index (χ0) is 19.4. The topological polar surface area (TPSA) is 81.9 Å². The van der Waals surface area contributed by atoms with E-state index < -0.39 is 5.25 Å². The molecule has 0 radical (unpaired) electrons. The number of methoxy groups -OCH3 is 1. The summed E-state index contributed by atoms with van der Waals surface area (Å²) in [6, 6.07) is 12.2. The molecular formula is C17H15Cl2N5O2S. The Kier molecular flexibility index (Phi) is 6.20. The number of benzene rings is 2. The Morgan fingerprint density at radius 1 is 1.22 bits per heavy atom. The van der Waals surface area contributed by atoms with Crippen molar-refractivity contribution in [3.8, 4) is 11.4 Å². The molecule has 0 saturated heterocycles. The molecule has 1 amide bonds. The first-order valence-corrected chi connectivity index (χ1v) is 9.47. The third-order valence-corrected chi connectivity index (χ3v) is 5.18. The van der Waals surface area contributed by atoms with Gasteiger partial charge in [0.05, 0.1) is 28.8 Å². The van der Waals surface area contributed by atoms with Gasteiger partial charge < -0.3 is 10.1 Å². The Labute approximate surface area is 170 Å². The molecule has 0 bridgehead atoms. The minimum absolute atomic E-state index is 0.228. The summed E-state index contributed by atoms with van der Waals surface area (Å²) in [6.07, 6.45) is 0. The Bertz CT molecular complexity index is 949. The first kappa shape index (κ1) is 19.5. The molecule has 3 rings (SSSR count). The van der Waals surface area contributed by atoms with Crippen LogP contribution in [0.3, 0.4) is 0 Å². The first-order valence-electron chi connectivity index (χ1n) is 7.83. The summed E-state index contributed by atoms with van der Waals surface area (Å²) < 4.78 is 6.71. The monoisotopic (exact) mass is 423 g/mol. The lowest BCUT2D eigenvalue weighted by molar-refractivity contribution is -0.115. The van der Waals surface area contributed by atoms with Crippen LogP contribution in [0.1, 0.15) is 6.92 Å². The van der Waals surface area contributed by atoms with Gasteiger partial charge >= 0.3 is 0 Å². The van der Waals surface area contributed by atoms with Gasteiger partial charge in [0.2, 0.25) is 11.1 Å². The number of tetrazole rings is 1. The average molecular weight is 424 g/mol. The molecule has 1 atom stereocenters. The van der Waals surface area contributed by atoms with E-state index in [2.05, 4.69) is 20.8 Å². The fraction of sp³-hybridized carbons (Fsp3) is 0.176. The zero-order valence-corrected chi connectivity index (χ0v) is 16.7. The van der Waals surface area contributed by atoms with Gasteiger partial charge in [0.1, 0.15) is 5.75 Å². The SMILES string of the molecule is COc1ccc(-n2nnnc2SC(C)C(=O)Nc2ccc(Cl)cc2Cl)cc1. The molecular weight excluding hydrogens is 409 g/mol. The van der Waals surface area contributed by atoms with E-state index in [9.17, 15) is 4.79 Å². The molecule has 10 heteroatoms. The molecule has 0 aliphatic heterocycles. The van der Waals surface area contributed by atoms with Gasteiger partial charge in [-0.3, -0.25) is 4.79 Å². The largest absolute Gasteiger partial charge is 0.497 e. The second kappa shape index (κ2) is 8.60. The molecule has 1 unspecified atom stereocenters. The number of nitrogens with zero attached hydrogens (tertiary/aromatic N) is 4. The number of thioether (sulfide) groups is 1. The third-order valence-electron chi connectivity index (χ3n) is 3.60. The number of aromatic nitrogens is 4. The Morgan fingerprint density at radius 3 is 2.63 bits per heavy atom. The molecule has 3 aromatic rings. The summed E-state index contributed by atoms with van der Waals surface area (Å²) >= 11 is 13.2. The third kappa shape index (κ3) is 4.71. The lowest BCUT2D eigenvalue weighted by atomic mass is 10.3. The van der Waals surface area contributed by atoms with Crippen LogP contribution >= 0.6 is 35.0 Å². The predicted molar refractivity (Wildman–Crippen MR) is 106 cm³/mol. The molecule has 1 heterocycles. The maximum atomic E-state index is 12.5. The maximum absolute atomic E-state index is 12.5. The van der Waals surface area contributed by atoms with Crippen molar-refractivity contribution in [2.75, 3.05) is 12.4 Å². The van der Waals surface area contributed by atoms with Crippen LogP contribution in [-0.4, -0.2) is 38.5 Å². The molecule has 140 valence electrons. The van der Waals surface area contributed by atoms with Gasteiger partial charge in [0, 0.05) is 5.02 Å². The average Bonchev–Trinajstić information content (AvgIpc) is 3.12. The quantitative estimate of drug-likeness (QED) is 0.600. The first-order chi connectivity index (χ1) is 13.0. The number of halogens is 2. The summed E-state index contributed by atoms with van der Waals surface area (Å²) in [6.45, 7) is 1.76. The Morgan fingerprint density at radius 2 is 1.96 bits per heavy atom. The van der Waals surface area contributed by atoms with E-state index in [0.717, 1.165) is 11.4 Å². The normalized spacial score (nSPS) is 11.9. The number of hydrogen-bond acceptors (Lipinski definition) is 6. The molecule has 0 aliphatic carbocycles. The standard InChI is InChI=1S/C17H15Cl2N5O2S/c1-10(16(25)20-15-8-3-11(18)9-14(15)19)27-17-21-22-23-24(17)12-4-6-13(26-2)7-5-12/h3-10H,1-2H3,(H,20,25). The van der Waals surface area contributed by atoms with Gasteiger partial charge in [-0.1, -0.05) is 35.0 Å². The van der Waals surface area contributed by atoms with Gasteiger partial charge in [-0.15, -0.1) is 5.10 Å². The number of rotatable bonds is 6. The van der Waals surface area contributed by atoms with E-state index in [4.69, 9.17) is 27.9 Å². The van der Waals surface area contributed by atoms with Crippen LogP contribution in [0.5, 0.6) is 5.75 Å². The van der Waals surface area contributed by atoms with Crippen LogP contribution in [0.4, 0.5) is 5.69 Å². The van der Waals surface area contributed by atoms with E-state index in [1.165, 1.54) is 11.8 Å². The fourth-order valence-electron chi connectivity index (χ4n) is 2.17. The fourth-order valence-corrected chi connectivity index (χ4v) is 3.44. The van der Waals surface area contributed by atoms with Gasteiger partial charge in [0.15, 0.2) is 0 Å². The maximum Gasteiger partial charge on any atom is 0.237 e. The number of ether oxygens (including phenoxy) is 1. The summed E-state index contributed by atoms with van der Waals surface area (Å²) in [5.74, 6) is 0.502. The molecule has 0 fully saturated rings. The van der Waals surface area contributed by atoms with E-state index >= 15 is 0 Å².